The molecular weight excluding hydrogens is 467 g/mol. The number of carbonyl (C=O) groups is 1. The van der Waals surface area contributed by atoms with Gasteiger partial charge in [-0.2, -0.15) is 0 Å². The summed E-state index contributed by atoms with van der Waals surface area (Å²) < 4.78 is 0. The van der Waals surface area contributed by atoms with Crippen molar-refractivity contribution in [1.82, 2.24) is 5.32 Å². The molecule has 0 spiro atoms. The molecule has 1 atom stereocenters. The molecule has 0 unspecified atom stereocenters. The van der Waals surface area contributed by atoms with Crippen molar-refractivity contribution in [2.24, 2.45) is 0 Å². The van der Waals surface area contributed by atoms with Crippen LogP contribution in [-0.4, -0.2) is 5.78 Å². The summed E-state index contributed by atoms with van der Waals surface area (Å²) in [5, 5.41) is 3.23. The van der Waals surface area contributed by atoms with Gasteiger partial charge in [-0.15, -0.1) is 0 Å². The van der Waals surface area contributed by atoms with Crippen molar-refractivity contribution in [2.75, 3.05) is 0 Å². The minimum absolute atomic E-state index is 0.0419. The molecule has 1 N–H and O–H groups in total. The molecule has 1 aliphatic rings. The average Bonchev–Trinajstić information content (AvgIpc) is 2.76. The number of halogens is 1. The summed E-state index contributed by atoms with van der Waals surface area (Å²) >= 11 is 1.82. The summed E-state index contributed by atoms with van der Waals surface area (Å²) in [4.78, 5) is 11.5. The standard InChI is InChI=1S/C15H15NO.C10H14.ClH.Ru/c1-12(13-7-3-2-4-8-13)16-11-14-9-5-6-10-15(14)17;1-8(2)10-6-4-9(3)5-7-10;;/h2-12,16H,1H3;4-8H,1-3H3;1H;/q;;;+1/p-1/b14-11-;;;/t12-;;;/m0.../s1. The molecule has 155 valence electrons. The molecule has 0 aromatic heterocycles. The number of allylic oxidation sites excluding steroid dienone is 5. The van der Waals surface area contributed by atoms with E-state index in [-0.39, 0.29) is 11.8 Å². The summed E-state index contributed by atoms with van der Waals surface area (Å²) in [6, 6.07) is 19.0. The fourth-order valence-corrected chi connectivity index (χ4v) is 2.60. The number of rotatable bonds is 4. The van der Waals surface area contributed by atoms with Crippen molar-refractivity contribution < 1.29 is 22.1 Å². The Bertz CT molecular complexity index is 824. The quantitative estimate of drug-likeness (QED) is 0.376. The molecule has 0 fully saturated rings. The topological polar surface area (TPSA) is 29.1 Å². The first-order valence-electron chi connectivity index (χ1n) is 9.57. The fourth-order valence-electron chi connectivity index (χ4n) is 2.60. The van der Waals surface area contributed by atoms with Crippen molar-refractivity contribution in [3.8, 4) is 0 Å². The van der Waals surface area contributed by atoms with Crippen LogP contribution in [0.5, 0.6) is 0 Å². The Labute approximate surface area is 189 Å². The maximum atomic E-state index is 11.5. The van der Waals surface area contributed by atoms with E-state index in [0.29, 0.717) is 11.5 Å². The zero-order valence-electron chi connectivity index (χ0n) is 17.4. The molecule has 2 aromatic rings. The summed E-state index contributed by atoms with van der Waals surface area (Å²) in [7, 11) is 4.57. The summed E-state index contributed by atoms with van der Waals surface area (Å²) in [6.45, 7) is 8.61. The Balaban J connectivity index is 0.000000299. The van der Waals surface area contributed by atoms with Crippen molar-refractivity contribution in [2.45, 2.75) is 39.7 Å². The van der Waals surface area contributed by atoms with Crippen LogP contribution in [0.2, 0.25) is 0 Å². The van der Waals surface area contributed by atoms with E-state index in [1.165, 1.54) is 16.7 Å². The van der Waals surface area contributed by atoms with Crippen molar-refractivity contribution in [3.05, 3.63) is 107 Å². The monoisotopic (exact) mass is 496 g/mol. The number of ketones is 1. The number of aryl methyl sites for hydroxylation is 1. The summed E-state index contributed by atoms with van der Waals surface area (Å²) in [6.07, 6.45) is 8.77. The van der Waals surface area contributed by atoms with Gasteiger partial charge in [0.25, 0.3) is 0 Å². The van der Waals surface area contributed by atoms with E-state index in [1.807, 2.05) is 47.7 Å². The fraction of sp³-hybridized carbons (Fsp3) is 0.240. The van der Waals surface area contributed by atoms with Gasteiger partial charge >= 0.3 is 27.0 Å². The third-order valence-corrected chi connectivity index (χ3v) is 4.45. The zero-order chi connectivity index (χ0) is 21.6. The average molecular weight is 496 g/mol. The third-order valence-electron chi connectivity index (χ3n) is 4.45. The molecular formula is C25H29ClNORu. The number of carbonyl (C=O) groups excluding carboxylic acids is 1. The van der Waals surface area contributed by atoms with E-state index in [9.17, 15) is 4.79 Å². The van der Waals surface area contributed by atoms with Crippen LogP contribution in [0, 0.1) is 6.92 Å². The van der Waals surface area contributed by atoms with Gasteiger partial charge in [-0.1, -0.05) is 86.2 Å². The van der Waals surface area contributed by atoms with Gasteiger partial charge in [-0.3, -0.25) is 4.79 Å². The molecule has 2 aromatic carbocycles. The molecule has 0 saturated carbocycles. The second-order valence-corrected chi connectivity index (χ2v) is 7.05. The molecule has 1 aliphatic carbocycles. The predicted octanol–water partition coefficient (Wildman–Crippen LogP) is 6.72. The zero-order valence-corrected chi connectivity index (χ0v) is 19.9. The number of benzene rings is 2. The Morgan fingerprint density at radius 3 is 2.00 bits per heavy atom. The second-order valence-electron chi connectivity index (χ2n) is 7.05. The Morgan fingerprint density at radius 1 is 0.862 bits per heavy atom. The molecule has 29 heavy (non-hydrogen) atoms. The van der Waals surface area contributed by atoms with Crippen LogP contribution in [0.4, 0.5) is 0 Å². The van der Waals surface area contributed by atoms with Crippen LogP contribution in [0.15, 0.2) is 90.7 Å². The molecule has 4 heteroatoms. The van der Waals surface area contributed by atoms with E-state index >= 15 is 0 Å². The molecule has 0 heterocycles. The van der Waals surface area contributed by atoms with E-state index in [0.717, 1.165) is 0 Å². The Morgan fingerprint density at radius 2 is 1.45 bits per heavy atom. The van der Waals surface area contributed by atoms with Gasteiger partial charge in [0.1, 0.15) is 0 Å². The van der Waals surface area contributed by atoms with Crippen molar-refractivity contribution >= 4 is 15.5 Å². The van der Waals surface area contributed by atoms with Crippen molar-refractivity contribution in [3.63, 3.8) is 0 Å². The SMILES string of the molecule is C[C@H](N/C=C1/C=CC=CC1=O)c1ccccc1.Cc1ccc(C(C)C)cc1.[Cl][Ru]. The van der Waals surface area contributed by atoms with Crippen LogP contribution < -0.4 is 5.32 Å². The number of hydrogen-bond acceptors (Lipinski definition) is 2. The van der Waals surface area contributed by atoms with E-state index in [4.69, 9.17) is 0 Å². The Kier molecular flexibility index (Phi) is 12.2. The number of nitrogens with one attached hydrogen (secondary N) is 1. The summed E-state index contributed by atoms with van der Waals surface area (Å²) in [5.74, 6) is 0.695. The molecule has 0 aliphatic heterocycles. The van der Waals surface area contributed by atoms with Crippen LogP contribution in [-0.2, 0) is 22.1 Å². The summed E-state index contributed by atoms with van der Waals surface area (Å²) in [5.41, 5.74) is 4.65. The second kappa shape index (κ2) is 14.1. The molecule has 0 saturated heterocycles. The molecule has 0 radical (unpaired) electrons. The van der Waals surface area contributed by atoms with Crippen LogP contribution in [0.1, 0.15) is 49.4 Å². The normalized spacial score (nSPS) is 14.6. The van der Waals surface area contributed by atoms with Crippen LogP contribution in [0.25, 0.3) is 0 Å². The van der Waals surface area contributed by atoms with E-state index in [1.54, 1.807) is 18.4 Å². The molecule has 3 rings (SSSR count). The van der Waals surface area contributed by atoms with Gasteiger partial charge in [0.15, 0.2) is 5.78 Å². The first-order chi connectivity index (χ1) is 14.0. The third kappa shape index (κ3) is 9.39. The van der Waals surface area contributed by atoms with Gasteiger partial charge in [0.2, 0.25) is 0 Å². The van der Waals surface area contributed by atoms with Gasteiger partial charge < -0.3 is 5.32 Å². The van der Waals surface area contributed by atoms with Crippen LogP contribution >= 0.6 is 9.69 Å². The minimum atomic E-state index is 0.0419. The van der Waals surface area contributed by atoms with Gasteiger partial charge in [-0.05, 0) is 43.0 Å². The van der Waals surface area contributed by atoms with E-state index < -0.39 is 0 Å². The van der Waals surface area contributed by atoms with Crippen LogP contribution in [0.3, 0.4) is 0 Å². The predicted molar refractivity (Wildman–Crippen MR) is 120 cm³/mol. The molecule has 0 amide bonds. The maximum absolute atomic E-state index is 11.5. The Hall–Kier alpha value is -1.96. The first-order valence-corrected chi connectivity index (χ1v) is 11.8. The molecule has 0 bridgehead atoms. The van der Waals surface area contributed by atoms with E-state index in [2.05, 4.69) is 79.1 Å². The van der Waals surface area contributed by atoms with Crippen molar-refractivity contribution in [1.29, 1.82) is 0 Å². The first kappa shape index (κ1) is 25.1. The number of hydrogen-bond donors (Lipinski definition) is 1. The van der Waals surface area contributed by atoms with Gasteiger partial charge in [0.05, 0.1) is 0 Å². The van der Waals surface area contributed by atoms with Gasteiger partial charge in [-0.25, -0.2) is 0 Å². The van der Waals surface area contributed by atoms with Gasteiger partial charge in [0, 0.05) is 17.8 Å². The molecule has 2 nitrogen and oxygen atoms in total.